The van der Waals surface area contributed by atoms with Gasteiger partial charge in [-0.2, -0.15) is 0 Å². The van der Waals surface area contributed by atoms with Crippen molar-refractivity contribution in [3.63, 3.8) is 0 Å². The number of benzene rings is 1. The Morgan fingerprint density at radius 2 is 2.25 bits per heavy atom. The lowest BCUT2D eigenvalue weighted by Crippen LogP contribution is -2.26. The van der Waals surface area contributed by atoms with Crippen LogP contribution in [0.25, 0.3) is 0 Å². The Labute approximate surface area is 91.4 Å². The van der Waals surface area contributed by atoms with Gasteiger partial charge in [-0.05, 0) is 24.5 Å². The summed E-state index contributed by atoms with van der Waals surface area (Å²) >= 11 is 0. The molecular weight excluding hydrogens is 216 g/mol. The molecule has 1 aromatic rings. The van der Waals surface area contributed by atoms with Crippen molar-refractivity contribution in [2.24, 2.45) is 0 Å². The van der Waals surface area contributed by atoms with Gasteiger partial charge in [0, 0.05) is 6.07 Å². The number of carbonyl (C=O) groups excluding carboxylic acids is 1. The Balaban J connectivity index is 1.92. The first kappa shape index (κ1) is 10.9. The second-order valence-electron chi connectivity index (χ2n) is 3.71. The Bertz CT molecular complexity index is 409. The van der Waals surface area contributed by atoms with Crippen LogP contribution in [0.15, 0.2) is 18.2 Å². The lowest BCUT2D eigenvalue weighted by Gasteiger charge is -2.07. The molecule has 1 heterocycles. The number of carbonyl (C=O) groups is 1. The van der Waals surface area contributed by atoms with Crippen molar-refractivity contribution in [3.8, 4) is 0 Å². The zero-order chi connectivity index (χ0) is 11.5. The van der Waals surface area contributed by atoms with Gasteiger partial charge in [-0.25, -0.2) is 13.6 Å². The first-order chi connectivity index (χ1) is 7.65. The van der Waals surface area contributed by atoms with Crippen LogP contribution < -0.4 is 5.32 Å². The number of rotatable bonds is 3. The smallest absolute Gasteiger partial charge is 0.407 e. The molecule has 0 unspecified atom stereocenters. The molecule has 0 radical (unpaired) electrons. The summed E-state index contributed by atoms with van der Waals surface area (Å²) in [7, 11) is 0. The van der Waals surface area contributed by atoms with Crippen molar-refractivity contribution in [2.75, 3.05) is 6.61 Å². The minimum absolute atomic E-state index is 0.0862. The molecular formula is C11H11F2NO2. The summed E-state index contributed by atoms with van der Waals surface area (Å²) in [6.45, 7) is 0.307. The van der Waals surface area contributed by atoms with Crippen LogP contribution in [0.5, 0.6) is 0 Å². The van der Waals surface area contributed by atoms with Crippen LogP contribution in [0.3, 0.4) is 0 Å². The summed E-state index contributed by atoms with van der Waals surface area (Å²) in [5.74, 6) is -1.14. The normalized spacial score (nSPS) is 19.4. The largest absolute Gasteiger partial charge is 0.447 e. The first-order valence-corrected chi connectivity index (χ1v) is 5.02. The van der Waals surface area contributed by atoms with E-state index in [1.54, 1.807) is 0 Å². The molecule has 0 aromatic heterocycles. The Kier molecular flexibility index (Phi) is 3.03. The molecule has 0 spiro atoms. The van der Waals surface area contributed by atoms with Gasteiger partial charge in [0.2, 0.25) is 0 Å². The van der Waals surface area contributed by atoms with E-state index in [9.17, 15) is 13.6 Å². The van der Waals surface area contributed by atoms with Crippen LogP contribution in [-0.4, -0.2) is 18.7 Å². The quantitative estimate of drug-likeness (QED) is 0.857. The number of hydrogen-bond acceptors (Lipinski definition) is 2. The van der Waals surface area contributed by atoms with Crippen molar-refractivity contribution in [2.45, 2.75) is 18.9 Å². The van der Waals surface area contributed by atoms with Crippen LogP contribution in [0.1, 0.15) is 12.0 Å². The summed E-state index contributed by atoms with van der Waals surface area (Å²) in [5.41, 5.74) is 0.447. The Morgan fingerprint density at radius 3 is 2.88 bits per heavy atom. The second kappa shape index (κ2) is 4.47. The molecule has 16 heavy (non-hydrogen) atoms. The fourth-order valence-corrected chi connectivity index (χ4v) is 1.64. The van der Waals surface area contributed by atoms with Gasteiger partial charge in [-0.3, -0.25) is 0 Å². The Hall–Kier alpha value is -1.65. The third kappa shape index (κ3) is 2.48. The zero-order valence-electron chi connectivity index (χ0n) is 8.50. The maximum absolute atomic E-state index is 13.2. The van der Waals surface area contributed by atoms with Crippen molar-refractivity contribution >= 4 is 6.09 Å². The van der Waals surface area contributed by atoms with Crippen molar-refractivity contribution in [1.29, 1.82) is 0 Å². The molecule has 2 rings (SSSR count). The zero-order valence-corrected chi connectivity index (χ0v) is 8.50. The van der Waals surface area contributed by atoms with Crippen LogP contribution in [0.2, 0.25) is 0 Å². The second-order valence-corrected chi connectivity index (χ2v) is 3.71. The van der Waals surface area contributed by atoms with Gasteiger partial charge < -0.3 is 10.1 Å². The minimum atomic E-state index is -0.584. The summed E-state index contributed by atoms with van der Waals surface area (Å²) < 4.78 is 30.6. The molecule has 1 saturated heterocycles. The molecule has 1 aliphatic heterocycles. The molecule has 0 bridgehead atoms. The molecule has 1 atom stereocenters. The lowest BCUT2D eigenvalue weighted by atomic mass is 10.1. The van der Waals surface area contributed by atoms with Gasteiger partial charge in [-0.1, -0.05) is 6.07 Å². The summed E-state index contributed by atoms with van der Waals surface area (Å²) in [6.07, 6.45) is 0.582. The van der Waals surface area contributed by atoms with Crippen LogP contribution in [0, 0.1) is 11.6 Å². The predicted molar refractivity (Wildman–Crippen MR) is 53.0 cm³/mol. The maximum atomic E-state index is 13.2. The van der Waals surface area contributed by atoms with E-state index >= 15 is 0 Å². The highest BCUT2D eigenvalue weighted by atomic mass is 19.1. The van der Waals surface area contributed by atoms with E-state index in [0.717, 1.165) is 6.07 Å². The molecule has 86 valence electrons. The summed E-state index contributed by atoms with van der Waals surface area (Å²) in [5, 5.41) is 2.60. The maximum Gasteiger partial charge on any atom is 0.407 e. The molecule has 5 heteroatoms. The molecule has 1 aliphatic rings. The fourth-order valence-electron chi connectivity index (χ4n) is 1.64. The fraction of sp³-hybridized carbons (Fsp3) is 0.364. The van der Waals surface area contributed by atoms with Crippen LogP contribution in [0.4, 0.5) is 13.6 Å². The van der Waals surface area contributed by atoms with Gasteiger partial charge >= 0.3 is 6.09 Å². The van der Waals surface area contributed by atoms with Crippen molar-refractivity contribution in [3.05, 3.63) is 35.4 Å². The van der Waals surface area contributed by atoms with E-state index in [4.69, 9.17) is 4.74 Å². The molecule has 0 aliphatic carbocycles. The number of cyclic esters (lactones) is 1. The molecule has 3 nitrogen and oxygen atoms in total. The molecule has 1 aromatic carbocycles. The summed E-state index contributed by atoms with van der Waals surface area (Å²) in [6, 6.07) is 3.42. The van der Waals surface area contributed by atoms with Gasteiger partial charge in [0.05, 0.1) is 6.04 Å². The topological polar surface area (TPSA) is 38.3 Å². The standard InChI is InChI=1S/C11H11F2NO2/c12-8-3-1-7(10(13)5-8)2-4-9-6-16-11(15)14-9/h1,3,5,9H,2,4,6H2,(H,14,15)/t9-/m0/s1. The van der Waals surface area contributed by atoms with Gasteiger partial charge in [-0.15, -0.1) is 0 Å². The van der Waals surface area contributed by atoms with Crippen LogP contribution >= 0.6 is 0 Å². The summed E-state index contributed by atoms with van der Waals surface area (Å²) in [4.78, 5) is 10.7. The number of ether oxygens (including phenoxy) is 1. The number of nitrogens with one attached hydrogen (secondary N) is 1. The SMILES string of the molecule is O=C1N[C@@H](CCc2ccc(F)cc2F)CO1. The molecule has 0 saturated carbocycles. The lowest BCUT2D eigenvalue weighted by molar-refractivity contribution is 0.176. The van der Waals surface area contributed by atoms with E-state index < -0.39 is 17.7 Å². The predicted octanol–water partition coefficient (Wildman–Crippen LogP) is 2.01. The van der Waals surface area contributed by atoms with E-state index in [1.165, 1.54) is 12.1 Å². The number of halogens is 2. The number of amides is 1. The number of aryl methyl sites for hydroxylation is 1. The minimum Gasteiger partial charge on any atom is -0.447 e. The van der Waals surface area contributed by atoms with Gasteiger partial charge in [0.15, 0.2) is 0 Å². The van der Waals surface area contributed by atoms with Crippen molar-refractivity contribution < 1.29 is 18.3 Å². The highest BCUT2D eigenvalue weighted by molar-refractivity contribution is 5.69. The number of hydrogen-bond donors (Lipinski definition) is 1. The highest BCUT2D eigenvalue weighted by Gasteiger charge is 2.21. The Morgan fingerprint density at radius 1 is 1.44 bits per heavy atom. The third-order valence-electron chi connectivity index (χ3n) is 2.51. The molecule has 1 N–H and O–H groups in total. The third-order valence-corrected chi connectivity index (χ3v) is 2.51. The van der Waals surface area contributed by atoms with E-state index in [2.05, 4.69) is 5.32 Å². The van der Waals surface area contributed by atoms with E-state index in [1.807, 2.05) is 0 Å². The average Bonchev–Trinajstić information content (AvgIpc) is 2.63. The molecule has 1 fully saturated rings. The molecule has 1 amide bonds. The van der Waals surface area contributed by atoms with Crippen LogP contribution in [-0.2, 0) is 11.2 Å². The van der Waals surface area contributed by atoms with E-state index in [0.29, 0.717) is 25.0 Å². The van der Waals surface area contributed by atoms with Gasteiger partial charge in [0.1, 0.15) is 18.2 Å². The van der Waals surface area contributed by atoms with E-state index in [-0.39, 0.29) is 6.04 Å². The van der Waals surface area contributed by atoms with Gasteiger partial charge in [0.25, 0.3) is 0 Å². The monoisotopic (exact) mass is 227 g/mol. The average molecular weight is 227 g/mol. The highest BCUT2D eigenvalue weighted by Crippen LogP contribution is 2.13. The van der Waals surface area contributed by atoms with Crippen molar-refractivity contribution in [1.82, 2.24) is 5.32 Å². The first-order valence-electron chi connectivity index (χ1n) is 5.02. The number of alkyl carbamates (subject to hydrolysis) is 1.